The Kier molecular flexibility index (Phi) is 3.51. The van der Waals surface area contributed by atoms with Gasteiger partial charge in [0.25, 0.3) is 0 Å². The zero-order chi connectivity index (χ0) is 11.4. The summed E-state index contributed by atoms with van der Waals surface area (Å²) in [5.74, 6) is 0.191. The topological polar surface area (TPSA) is 54.0 Å². The first-order valence-electron chi connectivity index (χ1n) is 5.70. The summed E-state index contributed by atoms with van der Waals surface area (Å²) in [5, 5.41) is 6.18. The van der Waals surface area contributed by atoms with E-state index < -0.39 is 0 Å². The van der Waals surface area contributed by atoms with Gasteiger partial charge in [-0.3, -0.25) is 9.78 Å². The van der Waals surface area contributed by atoms with Crippen LogP contribution in [0.1, 0.15) is 18.5 Å². The highest BCUT2D eigenvalue weighted by Gasteiger charge is 2.21. The highest BCUT2D eigenvalue weighted by molar-refractivity contribution is 5.93. The van der Waals surface area contributed by atoms with Crippen molar-refractivity contribution in [1.82, 2.24) is 10.3 Å². The smallest absolute Gasteiger partial charge is 0.228 e. The zero-order valence-electron chi connectivity index (χ0n) is 9.49. The first kappa shape index (κ1) is 11.1. The van der Waals surface area contributed by atoms with Crippen molar-refractivity contribution in [3.05, 3.63) is 24.0 Å². The van der Waals surface area contributed by atoms with Crippen LogP contribution in [0.4, 0.5) is 5.69 Å². The molecule has 1 aromatic heterocycles. The average molecular weight is 219 g/mol. The molecule has 0 unspecified atom stereocenters. The van der Waals surface area contributed by atoms with Crippen molar-refractivity contribution in [2.75, 3.05) is 18.4 Å². The molecule has 1 aliphatic heterocycles. The van der Waals surface area contributed by atoms with E-state index >= 15 is 0 Å². The Morgan fingerprint density at radius 3 is 3.19 bits per heavy atom. The Morgan fingerprint density at radius 2 is 2.50 bits per heavy atom. The molecule has 0 saturated carbocycles. The number of amides is 1. The van der Waals surface area contributed by atoms with Crippen LogP contribution in [0.5, 0.6) is 0 Å². The summed E-state index contributed by atoms with van der Waals surface area (Å²) in [5.41, 5.74) is 1.68. The fraction of sp³-hybridized carbons (Fsp3) is 0.500. The fourth-order valence-corrected chi connectivity index (χ4v) is 1.93. The van der Waals surface area contributed by atoms with Gasteiger partial charge < -0.3 is 10.6 Å². The SMILES string of the molecule is Cc1ncccc1NC(=O)[C@H]1CCCNC1. The van der Waals surface area contributed by atoms with E-state index in [0.717, 1.165) is 37.3 Å². The van der Waals surface area contributed by atoms with E-state index in [1.54, 1.807) is 6.20 Å². The van der Waals surface area contributed by atoms with Crippen LogP contribution in [0.15, 0.2) is 18.3 Å². The molecule has 86 valence electrons. The van der Waals surface area contributed by atoms with Gasteiger partial charge in [0.05, 0.1) is 17.3 Å². The molecular formula is C12H17N3O. The quantitative estimate of drug-likeness (QED) is 0.789. The minimum atomic E-state index is 0.0911. The Labute approximate surface area is 95.5 Å². The van der Waals surface area contributed by atoms with Gasteiger partial charge in [-0.2, -0.15) is 0 Å². The van der Waals surface area contributed by atoms with Gasteiger partial charge in [-0.1, -0.05) is 0 Å². The molecule has 4 nitrogen and oxygen atoms in total. The second kappa shape index (κ2) is 5.07. The lowest BCUT2D eigenvalue weighted by Crippen LogP contribution is -2.37. The van der Waals surface area contributed by atoms with Crippen LogP contribution >= 0.6 is 0 Å². The summed E-state index contributed by atoms with van der Waals surface area (Å²) < 4.78 is 0. The Hall–Kier alpha value is -1.42. The predicted octanol–water partition coefficient (Wildman–Crippen LogP) is 1.33. The predicted molar refractivity (Wildman–Crippen MR) is 63.2 cm³/mol. The Balaban J connectivity index is 1.99. The molecule has 16 heavy (non-hydrogen) atoms. The fourth-order valence-electron chi connectivity index (χ4n) is 1.93. The van der Waals surface area contributed by atoms with Gasteiger partial charge in [0, 0.05) is 12.7 Å². The van der Waals surface area contributed by atoms with Crippen LogP contribution in [0.2, 0.25) is 0 Å². The van der Waals surface area contributed by atoms with Gasteiger partial charge in [-0.25, -0.2) is 0 Å². The molecule has 0 radical (unpaired) electrons. The lowest BCUT2D eigenvalue weighted by molar-refractivity contribution is -0.120. The number of rotatable bonds is 2. The molecule has 1 saturated heterocycles. The van der Waals surface area contributed by atoms with E-state index in [0.29, 0.717) is 0 Å². The van der Waals surface area contributed by atoms with Crippen LogP contribution in [0.25, 0.3) is 0 Å². The van der Waals surface area contributed by atoms with E-state index in [4.69, 9.17) is 0 Å². The molecule has 1 fully saturated rings. The van der Waals surface area contributed by atoms with Crippen molar-refractivity contribution < 1.29 is 4.79 Å². The minimum Gasteiger partial charge on any atom is -0.324 e. The standard InChI is InChI=1S/C12H17N3O/c1-9-11(5-3-7-14-9)15-12(16)10-4-2-6-13-8-10/h3,5,7,10,13H,2,4,6,8H2,1H3,(H,15,16)/t10-/m0/s1. The summed E-state index contributed by atoms with van der Waals surface area (Å²) in [6.07, 6.45) is 3.77. The van der Waals surface area contributed by atoms with Crippen molar-refractivity contribution >= 4 is 11.6 Å². The number of carbonyl (C=O) groups excluding carboxylic acids is 1. The monoisotopic (exact) mass is 219 g/mol. The third-order valence-electron chi connectivity index (χ3n) is 2.93. The van der Waals surface area contributed by atoms with Crippen molar-refractivity contribution in [2.45, 2.75) is 19.8 Å². The van der Waals surface area contributed by atoms with Gasteiger partial charge in [-0.15, -0.1) is 0 Å². The molecule has 0 aliphatic carbocycles. The third-order valence-corrected chi connectivity index (χ3v) is 2.93. The summed E-state index contributed by atoms with van der Waals surface area (Å²) in [4.78, 5) is 16.1. The first-order valence-corrected chi connectivity index (χ1v) is 5.70. The van der Waals surface area contributed by atoms with Crippen molar-refractivity contribution in [3.63, 3.8) is 0 Å². The number of hydrogen-bond acceptors (Lipinski definition) is 3. The van der Waals surface area contributed by atoms with Crippen LogP contribution in [0.3, 0.4) is 0 Å². The number of aromatic nitrogens is 1. The average Bonchev–Trinajstić information content (AvgIpc) is 2.33. The molecule has 1 amide bonds. The number of pyridine rings is 1. The number of anilines is 1. The molecule has 4 heteroatoms. The van der Waals surface area contributed by atoms with Gasteiger partial charge in [0.1, 0.15) is 0 Å². The highest BCUT2D eigenvalue weighted by atomic mass is 16.1. The van der Waals surface area contributed by atoms with Gasteiger partial charge in [0.2, 0.25) is 5.91 Å². The maximum atomic E-state index is 11.9. The lowest BCUT2D eigenvalue weighted by atomic mass is 9.99. The maximum Gasteiger partial charge on any atom is 0.228 e. The lowest BCUT2D eigenvalue weighted by Gasteiger charge is -2.22. The normalized spacial score (nSPS) is 20.4. The molecule has 0 bridgehead atoms. The zero-order valence-corrected chi connectivity index (χ0v) is 9.49. The molecule has 2 rings (SSSR count). The summed E-state index contributed by atoms with van der Waals surface area (Å²) in [7, 11) is 0. The van der Waals surface area contributed by atoms with E-state index in [1.165, 1.54) is 0 Å². The largest absolute Gasteiger partial charge is 0.324 e. The number of carbonyl (C=O) groups is 1. The van der Waals surface area contributed by atoms with Gasteiger partial charge in [0.15, 0.2) is 0 Å². The van der Waals surface area contributed by atoms with Crippen LogP contribution in [-0.2, 0) is 4.79 Å². The van der Waals surface area contributed by atoms with Crippen molar-refractivity contribution in [3.8, 4) is 0 Å². The minimum absolute atomic E-state index is 0.0911. The Bertz CT molecular complexity index is 372. The second-order valence-electron chi connectivity index (χ2n) is 4.17. The third kappa shape index (κ3) is 2.58. The molecule has 1 aromatic rings. The molecule has 0 spiro atoms. The number of piperidine rings is 1. The van der Waals surface area contributed by atoms with Crippen LogP contribution < -0.4 is 10.6 Å². The summed E-state index contributed by atoms with van der Waals surface area (Å²) in [6, 6.07) is 3.72. The second-order valence-corrected chi connectivity index (χ2v) is 4.17. The first-order chi connectivity index (χ1) is 7.77. The van der Waals surface area contributed by atoms with Crippen LogP contribution in [0, 0.1) is 12.8 Å². The molecule has 1 atom stereocenters. The Morgan fingerprint density at radius 1 is 1.62 bits per heavy atom. The van der Waals surface area contributed by atoms with E-state index in [9.17, 15) is 4.79 Å². The number of nitrogens with one attached hydrogen (secondary N) is 2. The van der Waals surface area contributed by atoms with E-state index in [2.05, 4.69) is 15.6 Å². The summed E-state index contributed by atoms with van der Waals surface area (Å²) in [6.45, 7) is 3.70. The van der Waals surface area contributed by atoms with Crippen molar-refractivity contribution in [2.24, 2.45) is 5.92 Å². The summed E-state index contributed by atoms with van der Waals surface area (Å²) >= 11 is 0. The molecule has 2 heterocycles. The number of aryl methyl sites for hydroxylation is 1. The van der Waals surface area contributed by atoms with E-state index in [-0.39, 0.29) is 11.8 Å². The van der Waals surface area contributed by atoms with Gasteiger partial charge in [-0.05, 0) is 38.4 Å². The van der Waals surface area contributed by atoms with Crippen LogP contribution in [-0.4, -0.2) is 24.0 Å². The maximum absolute atomic E-state index is 11.9. The molecule has 1 aliphatic rings. The molecule has 2 N–H and O–H groups in total. The molecule has 0 aromatic carbocycles. The highest BCUT2D eigenvalue weighted by Crippen LogP contribution is 2.15. The van der Waals surface area contributed by atoms with Crippen molar-refractivity contribution in [1.29, 1.82) is 0 Å². The molecular weight excluding hydrogens is 202 g/mol. The number of hydrogen-bond donors (Lipinski definition) is 2. The van der Waals surface area contributed by atoms with Gasteiger partial charge >= 0.3 is 0 Å². The van der Waals surface area contributed by atoms with E-state index in [1.807, 2.05) is 19.1 Å². The number of nitrogens with zero attached hydrogens (tertiary/aromatic N) is 1.